The largest absolute Gasteiger partial charge is 0.383 e. The van der Waals surface area contributed by atoms with Crippen LogP contribution in [0.1, 0.15) is 12.0 Å². The van der Waals surface area contributed by atoms with Crippen LogP contribution >= 0.6 is 15.9 Å². The summed E-state index contributed by atoms with van der Waals surface area (Å²) in [5.74, 6) is 0.0189. The fraction of sp³-hybridized carbons (Fsp3) is 0.429. The molecule has 0 spiro atoms. The quantitative estimate of drug-likeness (QED) is 0.773. The lowest BCUT2D eigenvalue weighted by molar-refractivity contribution is -0.131. The second-order valence-corrected chi connectivity index (χ2v) is 5.00. The number of nitrogens with zero attached hydrogens (tertiary/aromatic N) is 2. The summed E-state index contributed by atoms with van der Waals surface area (Å²) in [6.07, 6.45) is 0.683. The van der Waals surface area contributed by atoms with Gasteiger partial charge < -0.3 is 9.64 Å². The van der Waals surface area contributed by atoms with Crippen molar-refractivity contribution in [2.75, 3.05) is 26.8 Å². The van der Waals surface area contributed by atoms with Crippen molar-refractivity contribution >= 4 is 21.8 Å². The average Bonchev–Trinajstić information content (AvgIpc) is 2.38. The minimum absolute atomic E-state index is 0.0189. The monoisotopic (exact) mass is 324 g/mol. The molecule has 0 bridgehead atoms. The third-order valence-electron chi connectivity index (χ3n) is 2.66. The summed E-state index contributed by atoms with van der Waals surface area (Å²) in [6.45, 7) is 1.45. The van der Waals surface area contributed by atoms with Crippen LogP contribution in [0.2, 0.25) is 0 Å². The van der Waals surface area contributed by atoms with Gasteiger partial charge >= 0.3 is 0 Å². The number of rotatable bonds is 7. The molecule has 0 aliphatic heterocycles. The average molecular weight is 325 g/mol. The molecule has 0 aliphatic carbocycles. The molecular formula is C14H17BrN2O2. The number of amides is 1. The van der Waals surface area contributed by atoms with Crippen molar-refractivity contribution in [3.8, 4) is 6.07 Å². The summed E-state index contributed by atoms with van der Waals surface area (Å²) in [5, 5.41) is 8.62. The standard InChI is InChI=1S/C14H17BrN2O2/c1-19-9-8-17(7-3-6-16)14(18)11-12-4-2-5-13(15)10-12/h2,4-5,10H,3,7-9,11H2,1H3. The molecular weight excluding hydrogens is 308 g/mol. The highest BCUT2D eigenvalue weighted by Crippen LogP contribution is 2.13. The molecule has 0 aliphatic rings. The van der Waals surface area contributed by atoms with Gasteiger partial charge in [-0.1, -0.05) is 28.1 Å². The van der Waals surface area contributed by atoms with Crippen LogP contribution in [0.5, 0.6) is 0 Å². The van der Waals surface area contributed by atoms with Gasteiger partial charge in [-0.2, -0.15) is 5.26 Å². The summed E-state index contributed by atoms with van der Waals surface area (Å²) >= 11 is 3.39. The Morgan fingerprint density at radius 1 is 1.47 bits per heavy atom. The fourth-order valence-corrected chi connectivity index (χ4v) is 2.13. The third-order valence-corrected chi connectivity index (χ3v) is 3.15. The molecule has 0 heterocycles. The van der Waals surface area contributed by atoms with E-state index < -0.39 is 0 Å². The Balaban J connectivity index is 2.62. The molecule has 0 N–H and O–H groups in total. The van der Waals surface area contributed by atoms with Crippen molar-refractivity contribution < 1.29 is 9.53 Å². The highest BCUT2D eigenvalue weighted by atomic mass is 79.9. The van der Waals surface area contributed by atoms with Gasteiger partial charge in [-0.15, -0.1) is 0 Å². The molecule has 5 heteroatoms. The zero-order valence-corrected chi connectivity index (χ0v) is 12.5. The second-order valence-electron chi connectivity index (χ2n) is 4.09. The lowest BCUT2D eigenvalue weighted by Gasteiger charge is -2.21. The van der Waals surface area contributed by atoms with E-state index in [-0.39, 0.29) is 5.91 Å². The molecule has 0 fully saturated rings. The van der Waals surface area contributed by atoms with Crippen molar-refractivity contribution in [1.29, 1.82) is 5.26 Å². The number of nitriles is 1. The van der Waals surface area contributed by atoms with Crippen molar-refractivity contribution in [3.63, 3.8) is 0 Å². The maximum Gasteiger partial charge on any atom is 0.227 e. The topological polar surface area (TPSA) is 53.3 Å². The fourth-order valence-electron chi connectivity index (χ4n) is 1.68. The van der Waals surface area contributed by atoms with E-state index in [1.165, 1.54) is 0 Å². The molecule has 102 valence electrons. The first-order chi connectivity index (χ1) is 9.17. The first kappa shape index (κ1) is 15.7. The number of hydrogen-bond acceptors (Lipinski definition) is 3. The van der Waals surface area contributed by atoms with Crippen LogP contribution in [-0.4, -0.2) is 37.6 Å². The first-order valence-corrected chi connectivity index (χ1v) is 6.84. The predicted octanol–water partition coefficient (Wildman–Crippen LogP) is 2.38. The van der Waals surface area contributed by atoms with Gasteiger partial charge in [-0.3, -0.25) is 4.79 Å². The van der Waals surface area contributed by atoms with Crippen molar-refractivity contribution in [3.05, 3.63) is 34.3 Å². The van der Waals surface area contributed by atoms with Gasteiger partial charge in [0.2, 0.25) is 5.91 Å². The van der Waals surface area contributed by atoms with Crippen LogP contribution in [-0.2, 0) is 16.0 Å². The molecule has 1 aromatic rings. The number of ether oxygens (including phenoxy) is 1. The maximum atomic E-state index is 12.2. The normalized spacial score (nSPS) is 9.95. The van der Waals surface area contributed by atoms with E-state index >= 15 is 0 Å². The van der Waals surface area contributed by atoms with E-state index in [9.17, 15) is 4.79 Å². The SMILES string of the molecule is COCCN(CCC#N)C(=O)Cc1cccc(Br)c1. The van der Waals surface area contributed by atoms with Crippen LogP contribution < -0.4 is 0 Å². The third kappa shape index (κ3) is 5.86. The Labute approximate surface area is 122 Å². The van der Waals surface area contributed by atoms with E-state index in [4.69, 9.17) is 10.00 Å². The zero-order chi connectivity index (χ0) is 14.1. The smallest absolute Gasteiger partial charge is 0.227 e. The lowest BCUT2D eigenvalue weighted by Crippen LogP contribution is -2.35. The molecule has 0 atom stereocenters. The minimum Gasteiger partial charge on any atom is -0.383 e. The van der Waals surface area contributed by atoms with Crippen LogP contribution in [0, 0.1) is 11.3 Å². The maximum absolute atomic E-state index is 12.2. The Bertz CT molecular complexity index is 457. The Hall–Kier alpha value is -1.38. The first-order valence-electron chi connectivity index (χ1n) is 6.05. The van der Waals surface area contributed by atoms with E-state index in [1.54, 1.807) is 12.0 Å². The molecule has 1 amide bonds. The molecule has 0 aromatic heterocycles. The summed E-state index contributed by atoms with van der Waals surface area (Å²) in [6, 6.07) is 9.73. The molecule has 0 saturated heterocycles. The van der Waals surface area contributed by atoms with E-state index in [2.05, 4.69) is 22.0 Å². The Morgan fingerprint density at radius 2 is 2.26 bits per heavy atom. The van der Waals surface area contributed by atoms with Crippen molar-refractivity contribution in [1.82, 2.24) is 4.90 Å². The number of carbonyl (C=O) groups is 1. The van der Waals surface area contributed by atoms with Gasteiger partial charge in [0.15, 0.2) is 0 Å². The van der Waals surface area contributed by atoms with Gasteiger partial charge in [-0.05, 0) is 17.7 Å². The minimum atomic E-state index is 0.0189. The molecule has 1 aromatic carbocycles. The van der Waals surface area contributed by atoms with Crippen LogP contribution in [0.3, 0.4) is 0 Å². The van der Waals surface area contributed by atoms with Gasteiger partial charge in [0, 0.05) is 24.7 Å². The van der Waals surface area contributed by atoms with Crippen LogP contribution in [0.15, 0.2) is 28.7 Å². The lowest BCUT2D eigenvalue weighted by atomic mass is 10.1. The van der Waals surface area contributed by atoms with Gasteiger partial charge in [0.05, 0.1) is 25.5 Å². The zero-order valence-electron chi connectivity index (χ0n) is 10.9. The summed E-state index contributed by atoms with van der Waals surface area (Å²) in [5.41, 5.74) is 0.957. The van der Waals surface area contributed by atoms with E-state index in [0.717, 1.165) is 10.0 Å². The van der Waals surface area contributed by atoms with Gasteiger partial charge in [0.25, 0.3) is 0 Å². The molecule has 4 nitrogen and oxygen atoms in total. The molecule has 1 rings (SSSR count). The van der Waals surface area contributed by atoms with E-state index in [1.807, 2.05) is 24.3 Å². The van der Waals surface area contributed by atoms with Crippen molar-refractivity contribution in [2.24, 2.45) is 0 Å². The highest BCUT2D eigenvalue weighted by molar-refractivity contribution is 9.10. The number of carbonyl (C=O) groups excluding carboxylic acids is 1. The number of halogens is 1. The summed E-state index contributed by atoms with van der Waals surface area (Å²) in [4.78, 5) is 13.9. The molecule has 0 radical (unpaired) electrons. The Morgan fingerprint density at radius 3 is 2.89 bits per heavy atom. The molecule has 0 unspecified atom stereocenters. The predicted molar refractivity (Wildman–Crippen MR) is 76.5 cm³/mol. The van der Waals surface area contributed by atoms with Gasteiger partial charge in [-0.25, -0.2) is 0 Å². The second kappa shape index (κ2) is 8.68. The Kier molecular flexibility index (Phi) is 7.16. The number of benzene rings is 1. The van der Waals surface area contributed by atoms with Crippen molar-refractivity contribution in [2.45, 2.75) is 12.8 Å². The highest BCUT2D eigenvalue weighted by Gasteiger charge is 2.13. The van der Waals surface area contributed by atoms with E-state index in [0.29, 0.717) is 32.5 Å². The van der Waals surface area contributed by atoms with Gasteiger partial charge in [0.1, 0.15) is 0 Å². The van der Waals surface area contributed by atoms with Crippen LogP contribution in [0.25, 0.3) is 0 Å². The number of methoxy groups -OCH3 is 1. The molecule has 0 saturated carbocycles. The number of hydrogen-bond donors (Lipinski definition) is 0. The van der Waals surface area contributed by atoms with Crippen LogP contribution in [0.4, 0.5) is 0 Å². The summed E-state index contributed by atoms with van der Waals surface area (Å²) < 4.78 is 5.94. The summed E-state index contributed by atoms with van der Waals surface area (Å²) in [7, 11) is 1.60. The molecule has 19 heavy (non-hydrogen) atoms.